The van der Waals surface area contributed by atoms with Gasteiger partial charge in [-0.2, -0.15) is 5.10 Å². The number of ether oxygens (including phenoxy) is 1. The number of carbonyl (C=O) groups is 1. The fourth-order valence-corrected chi connectivity index (χ4v) is 4.18. The Balaban J connectivity index is 1.78. The summed E-state index contributed by atoms with van der Waals surface area (Å²) in [6.07, 6.45) is 1.67. The molecule has 1 amide bonds. The first-order valence-corrected chi connectivity index (χ1v) is 10.5. The fraction of sp³-hybridized carbons (Fsp3) is 0.150. The highest BCUT2D eigenvalue weighted by Crippen LogP contribution is 2.33. The second kappa shape index (κ2) is 8.41. The highest BCUT2D eigenvalue weighted by molar-refractivity contribution is 7.07. The van der Waals surface area contributed by atoms with Crippen LogP contribution >= 0.6 is 34.5 Å². The van der Waals surface area contributed by atoms with E-state index >= 15 is 0 Å². The summed E-state index contributed by atoms with van der Waals surface area (Å²) >= 11 is 13.7. The van der Waals surface area contributed by atoms with Crippen LogP contribution in [0.15, 0.2) is 51.9 Å². The number of halogens is 2. The largest absolute Gasteiger partial charge is 0.482 e. The van der Waals surface area contributed by atoms with Gasteiger partial charge in [-0.05, 0) is 37.3 Å². The smallest absolute Gasteiger partial charge is 0.262 e. The molecule has 1 aliphatic heterocycles. The lowest BCUT2D eigenvalue weighted by atomic mass is 10.1. The van der Waals surface area contributed by atoms with Crippen LogP contribution in [0.3, 0.4) is 0 Å². The first-order chi connectivity index (χ1) is 14.0. The summed E-state index contributed by atoms with van der Waals surface area (Å²) in [5.41, 5.74) is 3.10. The van der Waals surface area contributed by atoms with E-state index in [2.05, 4.69) is 15.4 Å². The van der Waals surface area contributed by atoms with Crippen LogP contribution in [0.5, 0.6) is 5.75 Å². The van der Waals surface area contributed by atoms with Crippen molar-refractivity contribution in [3.63, 3.8) is 0 Å². The number of carbonyl (C=O) groups excluding carboxylic acids is 1. The molecule has 1 aromatic heterocycles. The van der Waals surface area contributed by atoms with Gasteiger partial charge in [-0.25, -0.2) is 4.68 Å². The Bertz CT molecular complexity index is 1180. The van der Waals surface area contributed by atoms with Gasteiger partial charge in [0.1, 0.15) is 5.75 Å². The van der Waals surface area contributed by atoms with Crippen molar-refractivity contribution >= 4 is 52.3 Å². The molecule has 0 bridgehead atoms. The molecular formula is C20H16Cl2N4O2S. The van der Waals surface area contributed by atoms with Gasteiger partial charge in [0, 0.05) is 28.1 Å². The number of nitrogens with one attached hydrogen (secondary N) is 1. The molecule has 4 rings (SSSR count). The van der Waals surface area contributed by atoms with Crippen LogP contribution in [0.2, 0.25) is 10.0 Å². The number of nitrogens with zero attached hydrogens (tertiary/aromatic N) is 3. The van der Waals surface area contributed by atoms with Gasteiger partial charge in [-0.15, -0.1) is 11.3 Å². The van der Waals surface area contributed by atoms with E-state index in [1.807, 2.05) is 36.6 Å². The van der Waals surface area contributed by atoms with Crippen LogP contribution in [0, 0.1) is 0 Å². The van der Waals surface area contributed by atoms with Gasteiger partial charge in [0.05, 0.1) is 22.6 Å². The molecule has 2 aromatic carbocycles. The van der Waals surface area contributed by atoms with Crippen molar-refractivity contribution in [3.8, 4) is 17.0 Å². The van der Waals surface area contributed by atoms with Gasteiger partial charge >= 0.3 is 0 Å². The summed E-state index contributed by atoms with van der Waals surface area (Å²) in [6, 6.07) is 10.9. The van der Waals surface area contributed by atoms with E-state index < -0.39 is 0 Å². The molecule has 0 unspecified atom stereocenters. The van der Waals surface area contributed by atoms with Gasteiger partial charge in [0.15, 0.2) is 6.61 Å². The monoisotopic (exact) mass is 446 g/mol. The Labute approximate surface area is 181 Å². The molecule has 0 radical (unpaired) electrons. The topological polar surface area (TPSA) is 68.0 Å². The molecule has 0 saturated carbocycles. The Kier molecular flexibility index (Phi) is 5.71. The molecule has 3 aromatic rings. The average molecular weight is 447 g/mol. The number of anilines is 1. The third-order valence-electron chi connectivity index (χ3n) is 4.16. The first-order valence-electron chi connectivity index (χ1n) is 8.82. The minimum atomic E-state index is -0.176. The van der Waals surface area contributed by atoms with Gasteiger partial charge in [-0.3, -0.25) is 9.79 Å². The van der Waals surface area contributed by atoms with E-state index in [4.69, 9.17) is 27.9 Å². The molecule has 0 spiro atoms. The second-order valence-electron chi connectivity index (χ2n) is 6.15. The average Bonchev–Trinajstić information content (AvgIpc) is 3.09. The molecule has 0 fully saturated rings. The van der Waals surface area contributed by atoms with Crippen molar-refractivity contribution in [2.75, 3.05) is 18.5 Å². The number of amides is 1. The van der Waals surface area contributed by atoms with Gasteiger partial charge < -0.3 is 10.1 Å². The number of hydrogen-bond acceptors (Lipinski definition) is 5. The molecule has 2 heterocycles. The summed E-state index contributed by atoms with van der Waals surface area (Å²) in [5.74, 6) is 0.468. The minimum absolute atomic E-state index is 0.0243. The van der Waals surface area contributed by atoms with Crippen LogP contribution in [0.25, 0.3) is 11.3 Å². The molecule has 0 aliphatic carbocycles. The third kappa shape index (κ3) is 4.22. The summed E-state index contributed by atoms with van der Waals surface area (Å²) < 4.78 is 7.20. The Morgan fingerprint density at radius 3 is 2.93 bits per heavy atom. The van der Waals surface area contributed by atoms with Crippen molar-refractivity contribution in [1.29, 1.82) is 0 Å². The predicted molar refractivity (Wildman–Crippen MR) is 117 cm³/mol. The van der Waals surface area contributed by atoms with Crippen molar-refractivity contribution in [2.45, 2.75) is 6.92 Å². The van der Waals surface area contributed by atoms with Gasteiger partial charge in [0.2, 0.25) is 4.80 Å². The first kappa shape index (κ1) is 19.7. The highest BCUT2D eigenvalue weighted by atomic mass is 35.5. The van der Waals surface area contributed by atoms with Gasteiger partial charge in [-0.1, -0.05) is 29.3 Å². The molecule has 1 aliphatic rings. The molecule has 1 N–H and O–H groups in total. The maximum absolute atomic E-state index is 11.6. The summed E-state index contributed by atoms with van der Waals surface area (Å²) in [6.45, 7) is 2.62. The van der Waals surface area contributed by atoms with E-state index in [1.54, 1.807) is 23.0 Å². The lowest BCUT2D eigenvalue weighted by molar-refractivity contribution is -0.118. The number of thiazole rings is 1. The van der Waals surface area contributed by atoms with Crippen LogP contribution in [-0.2, 0) is 4.79 Å². The minimum Gasteiger partial charge on any atom is -0.482 e. The standard InChI is InChI=1S/C20H16Cl2N4O2S/c1-2-23-20-26(24-9-13-3-5-14(21)8-15(13)22)17(11-29-20)12-4-6-18-16(7-12)25-19(27)10-28-18/h3-9,11H,2,10H2,1H3,(H,25,27). The number of hydrogen-bond donors (Lipinski definition) is 1. The Morgan fingerprint density at radius 2 is 2.14 bits per heavy atom. The van der Waals surface area contributed by atoms with Crippen molar-refractivity contribution in [3.05, 3.63) is 62.2 Å². The maximum atomic E-state index is 11.6. The van der Waals surface area contributed by atoms with E-state index in [1.165, 1.54) is 11.3 Å². The second-order valence-corrected chi connectivity index (χ2v) is 7.83. The van der Waals surface area contributed by atoms with Crippen molar-refractivity contribution in [1.82, 2.24) is 4.68 Å². The molecule has 6 nitrogen and oxygen atoms in total. The van der Waals surface area contributed by atoms with Gasteiger partial charge in [0.25, 0.3) is 5.91 Å². The molecule has 29 heavy (non-hydrogen) atoms. The SMILES string of the molecule is CCN=c1scc(-c2ccc3c(c2)NC(=O)CO3)n1N=Cc1ccc(Cl)cc1Cl. The molecular weight excluding hydrogens is 431 g/mol. The van der Waals surface area contributed by atoms with Crippen LogP contribution in [0.1, 0.15) is 12.5 Å². The molecule has 0 atom stereocenters. The molecule has 9 heteroatoms. The quantitative estimate of drug-likeness (QED) is 0.592. The Morgan fingerprint density at radius 1 is 1.28 bits per heavy atom. The highest BCUT2D eigenvalue weighted by Gasteiger charge is 2.17. The maximum Gasteiger partial charge on any atom is 0.262 e. The van der Waals surface area contributed by atoms with Crippen LogP contribution in [-0.4, -0.2) is 29.9 Å². The third-order valence-corrected chi connectivity index (χ3v) is 5.58. The molecule has 148 valence electrons. The summed E-state index contributed by atoms with van der Waals surface area (Å²) in [5, 5.41) is 10.5. The Hall–Kier alpha value is -2.61. The van der Waals surface area contributed by atoms with E-state index in [-0.39, 0.29) is 12.5 Å². The van der Waals surface area contributed by atoms with Crippen LogP contribution < -0.4 is 14.9 Å². The number of aromatic nitrogens is 1. The molecule has 0 saturated heterocycles. The fourth-order valence-electron chi connectivity index (χ4n) is 2.82. The normalized spacial score (nSPS) is 14.0. The van der Waals surface area contributed by atoms with Crippen LogP contribution in [0.4, 0.5) is 5.69 Å². The van der Waals surface area contributed by atoms with E-state index in [0.29, 0.717) is 28.0 Å². The van der Waals surface area contributed by atoms with E-state index in [0.717, 1.165) is 21.6 Å². The summed E-state index contributed by atoms with van der Waals surface area (Å²) in [7, 11) is 0. The zero-order chi connectivity index (χ0) is 20.4. The lowest BCUT2D eigenvalue weighted by Crippen LogP contribution is -2.25. The van der Waals surface area contributed by atoms with Crippen molar-refractivity contribution < 1.29 is 9.53 Å². The number of rotatable bonds is 4. The predicted octanol–water partition coefficient (Wildman–Crippen LogP) is 4.66. The zero-order valence-corrected chi connectivity index (χ0v) is 17.7. The lowest BCUT2D eigenvalue weighted by Gasteiger charge is -2.18. The number of benzene rings is 2. The summed E-state index contributed by atoms with van der Waals surface area (Å²) in [4.78, 5) is 16.9. The van der Waals surface area contributed by atoms with E-state index in [9.17, 15) is 4.79 Å². The van der Waals surface area contributed by atoms with Crippen molar-refractivity contribution in [2.24, 2.45) is 10.1 Å². The zero-order valence-electron chi connectivity index (χ0n) is 15.4. The number of fused-ring (bicyclic) bond motifs is 1.